The number of hydrogen-bond donors (Lipinski definition) is 0. The van der Waals surface area contributed by atoms with Gasteiger partial charge in [0.2, 0.25) is 0 Å². The Hall–Kier alpha value is -2.80. The van der Waals surface area contributed by atoms with Crippen molar-refractivity contribution in [3.8, 4) is 0 Å². The Labute approximate surface area is 143 Å². The molecular weight excluding hydrogens is 290 g/mol. The van der Waals surface area contributed by atoms with Gasteiger partial charge >= 0.3 is 0 Å². The molecule has 1 aromatic heterocycles. The van der Waals surface area contributed by atoms with Crippen LogP contribution in [-0.4, -0.2) is 4.57 Å². The quantitative estimate of drug-likeness (QED) is 0.495. The van der Waals surface area contributed by atoms with Crippen LogP contribution in [0.5, 0.6) is 0 Å². The van der Waals surface area contributed by atoms with Crippen LogP contribution in [0.4, 0.5) is 0 Å². The van der Waals surface area contributed by atoms with E-state index in [0.717, 1.165) is 5.57 Å². The molecule has 1 heteroatoms. The van der Waals surface area contributed by atoms with Crippen LogP contribution in [0.2, 0.25) is 0 Å². The maximum Gasteiger partial charge on any atom is 0.0492 e. The Kier molecular flexibility index (Phi) is 4.26. The lowest BCUT2D eigenvalue weighted by molar-refractivity contribution is 0.915. The van der Waals surface area contributed by atoms with Crippen LogP contribution >= 0.6 is 0 Å². The van der Waals surface area contributed by atoms with Gasteiger partial charge in [-0.25, -0.2) is 0 Å². The number of hydrogen-bond acceptors (Lipinski definition) is 0. The van der Waals surface area contributed by atoms with E-state index in [1.807, 2.05) is 18.2 Å². The molecule has 120 valence electrons. The summed E-state index contributed by atoms with van der Waals surface area (Å²) >= 11 is 0. The summed E-state index contributed by atoms with van der Waals surface area (Å²) in [6.45, 7) is 12.1. The van der Waals surface area contributed by atoms with Crippen molar-refractivity contribution < 1.29 is 0 Å². The molecule has 2 aromatic carbocycles. The molecule has 0 N–H and O–H groups in total. The standard InChI is InChI=1S/C23H23N/c1-6-8-12-19(16(3)7-2)22-17(4)24(5)21-15-14-18-11-9-10-13-20(18)23(21)22/h6-15H,1-2H2,3-5H3/b12-8-,19-16-. The zero-order valence-corrected chi connectivity index (χ0v) is 14.6. The molecule has 0 fully saturated rings. The molecule has 0 amide bonds. The lowest BCUT2D eigenvalue weighted by Gasteiger charge is -2.09. The molecule has 3 rings (SSSR count). The summed E-state index contributed by atoms with van der Waals surface area (Å²) in [6.07, 6.45) is 7.86. The third-order valence-corrected chi connectivity index (χ3v) is 4.78. The van der Waals surface area contributed by atoms with Crippen LogP contribution < -0.4 is 0 Å². The van der Waals surface area contributed by atoms with E-state index in [0.29, 0.717) is 0 Å². The van der Waals surface area contributed by atoms with Crippen molar-refractivity contribution in [1.82, 2.24) is 4.57 Å². The number of aromatic nitrogens is 1. The van der Waals surface area contributed by atoms with Crippen molar-refractivity contribution in [2.75, 3.05) is 0 Å². The summed E-state index contributed by atoms with van der Waals surface area (Å²) < 4.78 is 2.27. The second-order valence-corrected chi connectivity index (χ2v) is 6.10. The molecule has 0 aliphatic heterocycles. The molecule has 1 heterocycles. The second kappa shape index (κ2) is 6.37. The molecule has 0 aliphatic carbocycles. The maximum absolute atomic E-state index is 3.97. The van der Waals surface area contributed by atoms with Crippen molar-refractivity contribution in [3.63, 3.8) is 0 Å². The number of fused-ring (bicyclic) bond motifs is 3. The number of benzene rings is 2. The van der Waals surface area contributed by atoms with E-state index in [1.54, 1.807) is 0 Å². The minimum absolute atomic E-state index is 1.16. The average molecular weight is 313 g/mol. The van der Waals surface area contributed by atoms with Gasteiger partial charge in [-0.1, -0.05) is 67.8 Å². The van der Waals surface area contributed by atoms with Gasteiger partial charge in [0.15, 0.2) is 0 Å². The van der Waals surface area contributed by atoms with Crippen LogP contribution in [0.15, 0.2) is 79.4 Å². The predicted octanol–water partition coefficient (Wildman–Crippen LogP) is 6.34. The average Bonchev–Trinajstić information content (AvgIpc) is 2.87. The van der Waals surface area contributed by atoms with E-state index in [2.05, 4.69) is 81.1 Å². The molecule has 0 saturated heterocycles. The highest BCUT2D eigenvalue weighted by atomic mass is 14.9. The van der Waals surface area contributed by atoms with E-state index < -0.39 is 0 Å². The third-order valence-electron chi connectivity index (χ3n) is 4.78. The van der Waals surface area contributed by atoms with Crippen molar-refractivity contribution in [3.05, 3.63) is 90.7 Å². The number of rotatable bonds is 4. The molecule has 0 bridgehead atoms. The molecule has 0 aliphatic rings. The topological polar surface area (TPSA) is 4.93 Å². The zero-order chi connectivity index (χ0) is 17.3. The van der Waals surface area contributed by atoms with E-state index in [-0.39, 0.29) is 0 Å². The third kappa shape index (κ3) is 2.43. The van der Waals surface area contributed by atoms with E-state index in [4.69, 9.17) is 0 Å². The summed E-state index contributed by atoms with van der Waals surface area (Å²) in [5.74, 6) is 0. The largest absolute Gasteiger partial charge is 0.347 e. The van der Waals surface area contributed by atoms with Gasteiger partial charge in [-0.3, -0.25) is 0 Å². The molecule has 3 aromatic rings. The Morgan fingerprint density at radius 2 is 1.83 bits per heavy atom. The van der Waals surface area contributed by atoms with E-state index in [1.165, 1.54) is 38.5 Å². The maximum atomic E-state index is 3.97. The first-order chi connectivity index (χ1) is 11.6. The predicted molar refractivity (Wildman–Crippen MR) is 107 cm³/mol. The fraction of sp³-hybridized carbons (Fsp3) is 0.130. The summed E-state index contributed by atoms with van der Waals surface area (Å²) in [5, 5.41) is 3.85. The highest BCUT2D eigenvalue weighted by molar-refractivity contribution is 6.13. The van der Waals surface area contributed by atoms with Crippen LogP contribution in [0, 0.1) is 6.92 Å². The van der Waals surface area contributed by atoms with Gasteiger partial charge in [0.05, 0.1) is 0 Å². The molecule has 0 radical (unpaired) electrons. The van der Waals surface area contributed by atoms with Crippen molar-refractivity contribution >= 4 is 27.2 Å². The highest BCUT2D eigenvalue weighted by Gasteiger charge is 2.17. The van der Waals surface area contributed by atoms with Gasteiger partial charge in [-0.05, 0) is 41.8 Å². The Balaban J connectivity index is 2.53. The van der Waals surface area contributed by atoms with Crippen LogP contribution in [0.25, 0.3) is 27.2 Å². The fourth-order valence-electron chi connectivity index (χ4n) is 3.35. The summed E-state index contributed by atoms with van der Waals surface area (Å²) in [6, 6.07) is 13.0. The monoisotopic (exact) mass is 313 g/mol. The molecular formula is C23H23N. The fourth-order valence-corrected chi connectivity index (χ4v) is 3.35. The van der Waals surface area contributed by atoms with E-state index in [9.17, 15) is 0 Å². The summed E-state index contributed by atoms with van der Waals surface area (Å²) in [5.41, 5.74) is 6.15. The number of allylic oxidation sites excluding steroid dienone is 6. The van der Waals surface area contributed by atoms with Crippen LogP contribution in [0.3, 0.4) is 0 Å². The molecule has 1 nitrogen and oxygen atoms in total. The van der Waals surface area contributed by atoms with Crippen LogP contribution in [-0.2, 0) is 7.05 Å². The Bertz CT molecular complexity index is 1010. The number of aryl methyl sites for hydroxylation is 1. The minimum Gasteiger partial charge on any atom is -0.347 e. The molecule has 0 spiro atoms. The summed E-state index contributed by atoms with van der Waals surface area (Å²) in [4.78, 5) is 0. The smallest absolute Gasteiger partial charge is 0.0492 e. The summed E-state index contributed by atoms with van der Waals surface area (Å²) in [7, 11) is 2.13. The van der Waals surface area contributed by atoms with Gasteiger partial charge in [0.1, 0.15) is 0 Å². The van der Waals surface area contributed by atoms with Crippen molar-refractivity contribution in [2.24, 2.45) is 7.05 Å². The van der Waals surface area contributed by atoms with Gasteiger partial charge in [0.25, 0.3) is 0 Å². The van der Waals surface area contributed by atoms with Gasteiger partial charge < -0.3 is 4.57 Å². The second-order valence-electron chi connectivity index (χ2n) is 6.10. The normalized spacial score (nSPS) is 12.8. The van der Waals surface area contributed by atoms with Crippen molar-refractivity contribution in [1.29, 1.82) is 0 Å². The van der Waals surface area contributed by atoms with Gasteiger partial charge in [-0.15, -0.1) is 0 Å². The van der Waals surface area contributed by atoms with Gasteiger partial charge in [0, 0.05) is 29.2 Å². The zero-order valence-electron chi connectivity index (χ0n) is 14.6. The lowest BCUT2D eigenvalue weighted by atomic mass is 9.94. The van der Waals surface area contributed by atoms with Crippen LogP contribution in [0.1, 0.15) is 18.2 Å². The SMILES string of the molecule is C=C/C=C\C(=C(/C)C=C)c1c(C)n(C)c2ccc3ccccc3c12. The Morgan fingerprint density at radius 1 is 1.08 bits per heavy atom. The molecule has 0 atom stereocenters. The molecule has 24 heavy (non-hydrogen) atoms. The van der Waals surface area contributed by atoms with Gasteiger partial charge in [-0.2, -0.15) is 0 Å². The molecule has 0 unspecified atom stereocenters. The first-order valence-corrected chi connectivity index (χ1v) is 8.19. The molecule has 0 saturated carbocycles. The highest BCUT2D eigenvalue weighted by Crippen LogP contribution is 2.37. The minimum atomic E-state index is 1.16. The number of nitrogens with zero attached hydrogens (tertiary/aromatic N) is 1. The van der Waals surface area contributed by atoms with Crippen molar-refractivity contribution in [2.45, 2.75) is 13.8 Å². The first-order valence-electron chi connectivity index (χ1n) is 8.19. The Morgan fingerprint density at radius 3 is 2.54 bits per heavy atom. The first kappa shape index (κ1) is 16.1. The lowest BCUT2D eigenvalue weighted by Crippen LogP contribution is -1.92. The van der Waals surface area contributed by atoms with E-state index >= 15 is 0 Å².